The second kappa shape index (κ2) is 4.19. The highest BCUT2D eigenvalue weighted by atomic mass is 79.9. The minimum Gasteiger partial charge on any atom is -0.338 e. The lowest BCUT2D eigenvalue weighted by Gasteiger charge is -2.20. The van der Waals surface area contributed by atoms with Gasteiger partial charge in [0, 0.05) is 6.42 Å². The van der Waals surface area contributed by atoms with Crippen LogP contribution >= 0.6 is 15.9 Å². The molecular weight excluding hydrogens is 234 g/mol. The summed E-state index contributed by atoms with van der Waals surface area (Å²) in [5.74, 6) is 1.45. The quantitative estimate of drug-likeness (QED) is 0.856. The molecule has 1 aromatic heterocycles. The Morgan fingerprint density at radius 3 is 2.85 bits per heavy atom. The van der Waals surface area contributed by atoms with Crippen LogP contribution in [0.3, 0.4) is 0 Å². The molecule has 13 heavy (non-hydrogen) atoms. The van der Waals surface area contributed by atoms with Crippen LogP contribution in [0.5, 0.6) is 0 Å². The van der Waals surface area contributed by atoms with Gasteiger partial charge in [-0.25, -0.2) is 0 Å². The second-order valence-electron chi connectivity index (χ2n) is 3.35. The first kappa shape index (κ1) is 9.15. The largest absolute Gasteiger partial charge is 0.338 e. The maximum atomic E-state index is 5.04. The van der Waals surface area contributed by atoms with Gasteiger partial charge < -0.3 is 9.84 Å². The Morgan fingerprint density at radius 2 is 2.23 bits per heavy atom. The molecule has 0 radical (unpaired) electrons. The molecule has 5 heteroatoms. The fourth-order valence-electron chi connectivity index (χ4n) is 1.65. The van der Waals surface area contributed by atoms with Crippen molar-refractivity contribution < 1.29 is 4.52 Å². The number of aromatic nitrogens is 2. The molecule has 0 spiro atoms. The first-order chi connectivity index (χ1) is 6.34. The maximum absolute atomic E-state index is 5.04. The first-order valence-corrected chi connectivity index (χ1v) is 5.32. The minimum atomic E-state index is 0.552. The fraction of sp³-hybridized carbons (Fsp3) is 0.750. The zero-order valence-corrected chi connectivity index (χ0v) is 8.88. The molecule has 0 aliphatic carbocycles. The number of halogens is 1. The van der Waals surface area contributed by atoms with Gasteiger partial charge >= 0.3 is 0 Å². The average Bonchev–Trinajstić information content (AvgIpc) is 2.53. The molecule has 2 rings (SSSR count). The van der Waals surface area contributed by atoms with E-state index in [9.17, 15) is 0 Å². The molecule has 0 bridgehead atoms. The van der Waals surface area contributed by atoms with E-state index in [1.54, 1.807) is 0 Å². The van der Waals surface area contributed by atoms with Crippen LogP contribution in [0.1, 0.15) is 18.7 Å². The highest BCUT2D eigenvalue weighted by Crippen LogP contribution is 2.17. The summed E-state index contributed by atoms with van der Waals surface area (Å²) in [6.07, 6.45) is 3.33. The molecule has 0 atom stereocenters. The molecule has 2 heterocycles. The standard InChI is InChI=1S/C8H12BrN3O/c9-8-11-7(13-12-8)5-6-1-3-10-4-2-6/h6,10H,1-5H2. The van der Waals surface area contributed by atoms with Crippen molar-refractivity contribution in [2.75, 3.05) is 13.1 Å². The van der Waals surface area contributed by atoms with Gasteiger partial charge in [-0.05, 0) is 52.9 Å². The van der Waals surface area contributed by atoms with Crippen LogP contribution in [0.25, 0.3) is 0 Å². The van der Waals surface area contributed by atoms with Crippen LogP contribution < -0.4 is 5.32 Å². The predicted octanol–water partition coefficient (Wildman–Crippen LogP) is 1.37. The van der Waals surface area contributed by atoms with E-state index in [0.29, 0.717) is 10.7 Å². The van der Waals surface area contributed by atoms with E-state index in [1.807, 2.05) is 0 Å². The monoisotopic (exact) mass is 245 g/mol. The SMILES string of the molecule is Brc1noc(CC2CCNCC2)n1. The van der Waals surface area contributed by atoms with Gasteiger partial charge in [-0.2, -0.15) is 4.98 Å². The molecule has 0 unspecified atom stereocenters. The summed E-state index contributed by atoms with van der Waals surface area (Å²) in [5, 5.41) is 7.03. The van der Waals surface area contributed by atoms with E-state index in [4.69, 9.17) is 4.52 Å². The highest BCUT2D eigenvalue weighted by molar-refractivity contribution is 9.10. The number of nitrogens with zero attached hydrogens (tertiary/aromatic N) is 2. The molecule has 1 aliphatic heterocycles. The molecule has 0 aromatic carbocycles. The summed E-state index contributed by atoms with van der Waals surface area (Å²) in [7, 11) is 0. The van der Waals surface area contributed by atoms with Crippen molar-refractivity contribution in [3.63, 3.8) is 0 Å². The van der Waals surface area contributed by atoms with E-state index in [2.05, 4.69) is 31.4 Å². The molecule has 1 N–H and O–H groups in total. The minimum absolute atomic E-state index is 0.552. The van der Waals surface area contributed by atoms with Crippen LogP contribution in [-0.4, -0.2) is 23.2 Å². The number of piperidine rings is 1. The molecule has 1 saturated heterocycles. The van der Waals surface area contributed by atoms with Gasteiger partial charge in [0.1, 0.15) is 0 Å². The van der Waals surface area contributed by atoms with E-state index in [1.165, 1.54) is 12.8 Å². The number of hydrogen-bond acceptors (Lipinski definition) is 4. The lowest BCUT2D eigenvalue weighted by atomic mass is 9.95. The van der Waals surface area contributed by atoms with Crippen LogP contribution in [0.2, 0.25) is 0 Å². The Labute approximate surface area is 85.2 Å². The summed E-state index contributed by atoms with van der Waals surface area (Å²) in [4.78, 5) is 4.12. The van der Waals surface area contributed by atoms with E-state index in [-0.39, 0.29) is 0 Å². The van der Waals surface area contributed by atoms with Crippen LogP contribution in [0.15, 0.2) is 9.26 Å². The number of rotatable bonds is 2. The van der Waals surface area contributed by atoms with Crippen molar-refractivity contribution in [2.24, 2.45) is 5.92 Å². The first-order valence-electron chi connectivity index (χ1n) is 4.53. The fourth-order valence-corrected chi connectivity index (χ4v) is 1.92. The van der Waals surface area contributed by atoms with Gasteiger partial charge in [0.15, 0.2) is 0 Å². The Bertz CT molecular complexity index is 270. The molecule has 1 fully saturated rings. The molecular formula is C8H12BrN3O. The molecule has 72 valence electrons. The molecule has 0 saturated carbocycles. The normalized spacial score (nSPS) is 19.2. The van der Waals surface area contributed by atoms with Gasteiger partial charge in [0.2, 0.25) is 10.6 Å². The average molecular weight is 246 g/mol. The van der Waals surface area contributed by atoms with Crippen molar-refractivity contribution in [3.8, 4) is 0 Å². The Morgan fingerprint density at radius 1 is 1.46 bits per heavy atom. The molecule has 0 amide bonds. The summed E-state index contributed by atoms with van der Waals surface area (Å²) in [5.41, 5.74) is 0. The van der Waals surface area contributed by atoms with E-state index >= 15 is 0 Å². The summed E-state index contributed by atoms with van der Waals surface area (Å²) < 4.78 is 5.59. The van der Waals surface area contributed by atoms with Gasteiger partial charge in [0.25, 0.3) is 0 Å². The van der Waals surface area contributed by atoms with Crippen LogP contribution in [-0.2, 0) is 6.42 Å². The van der Waals surface area contributed by atoms with Crippen molar-refractivity contribution in [1.82, 2.24) is 15.5 Å². The third kappa shape index (κ3) is 2.51. The lowest BCUT2D eigenvalue weighted by Crippen LogP contribution is -2.28. The van der Waals surface area contributed by atoms with Crippen molar-refractivity contribution >= 4 is 15.9 Å². The zero-order chi connectivity index (χ0) is 9.10. The van der Waals surface area contributed by atoms with Crippen molar-refractivity contribution in [2.45, 2.75) is 19.3 Å². The number of hydrogen-bond donors (Lipinski definition) is 1. The van der Waals surface area contributed by atoms with E-state index in [0.717, 1.165) is 25.4 Å². The topological polar surface area (TPSA) is 51.0 Å². The third-order valence-corrected chi connectivity index (χ3v) is 2.69. The van der Waals surface area contributed by atoms with Crippen LogP contribution in [0.4, 0.5) is 0 Å². The van der Waals surface area contributed by atoms with Gasteiger partial charge in [-0.1, -0.05) is 0 Å². The van der Waals surface area contributed by atoms with E-state index < -0.39 is 0 Å². The second-order valence-corrected chi connectivity index (χ2v) is 4.06. The van der Waals surface area contributed by atoms with Crippen LogP contribution in [0, 0.1) is 5.92 Å². The van der Waals surface area contributed by atoms with Crippen molar-refractivity contribution in [3.05, 3.63) is 10.6 Å². The zero-order valence-electron chi connectivity index (χ0n) is 7.29. The Hall–Kier alpha value is -0.420. The predicted molar refractivity (Wildman–Crippen MR) is 51.3 cm³/mol. The summed E-state index contributed by atoms with van der Waals surface area (Å²) in [6.45, 7) is 2.22. The third-order valence-electron chi connectivity index (χ3n) is 2.37. The molecule has 1 aromatic rings. The Balaban J connectivity index is 1.89. The number of nitrogens with one attached hydrogen (secondary N) is 1. The molecule has 4 nitrogen and oxygen atoms in total. The van der Waals surface area contributed by atoms with Gasteiger partial charge in [-0.3, -0.25) is 0 Å². The summed E-state index contributed by atoms with van der Waals surface area (Å²) in [6, 6.07) is 0. The Kier molecular flexibility index (Phi) is 2.95. The van der Waals surface area contributed by atoms with Crippen molar-refractivity contribution in [1.29, 1.82) is 0 Å². The van der Waals surface area contributed by atoms with Gasteiger partial charge in [-0.15, -0.1) is 0 Å². The molecule has 1 aliphatic rings. The lowest BCUT2D eigenvalue weighted by molar-refractivity contribution is 0.312. The highest BCUT2D eigenvalue weighted by Gasteiger charge is 2.16. The maximum Gasteiger partial charge on any atom is 0.238 e. The smallest absolute Gasteiger partial charge is 0.238 e. The van der Waals surface area contributed by atoms with Gasteiger partial charge in [0.05, 0.1) is 0 Å². The summed E-state index contributed by atoms with van der Waals surface area (Å²) >= 11 is 3.17.